The van der Waals surface area contributed by atoms with E-state index in [-0.39, 0.29) is 5.97 Å². The minimum atomic E-state index is -0.175. The monoisotopic (exact) mass is 182 g/mol. The molecule has 0 N–H and O–H groups in total. The molecule has 2 nitrogen and oxygen atoms in total. The number of esters is 1. The summed E-state index contributed by atoms with van der Waals surface area (Å²) in [6.07, 6.45) is 6.48. The second-order valence-electron chi connectivity index (χ2n) is 3.62. The van der Waals surface area contributed by atoms with Crippen molar-refractivity contribution in [2.75, 3.05) is 6.61 Å². The van der Waals surface area contributed by atoms with Gasteiger partial charge < -0.3 is 4.74 Å². The Labute approximate surface area is 80.0 Å². The molecule has 1 aliphatic rings. The lowest BCUT2D eigenvalue weighted by Crippen LogP contribution is -2.09. The Morgan fingerprint density at radius 2 is 2.38 bits per heavy atom. The van der Waals surface area contributed by atoms with Crippen molar-refractivity contribution in [3.8, 4) is 0 Å². The first-order chi connectivity index (χ1) is 6.24. The number of rotatable bonds is 2. The molecule has 1 atom stereocenters. The van der Waals surface area contributed by atoms with Crippen molar-refractivity contribution < 1.29 is 9.53 Å². The Morgan fingerprint density at radius 1 is 1.62 bits per heavy atom. The van der Waals surface area contributed by atoms with Gasteiger partial charge >= 0.3 is 5.97 Å². The predicted octanol–water partition coefficient (Wildman–Crippen LogP) is 2.69. The fourth-order valence-corrected chi connectivity index (χ4v) is 1.76. The molecule has 74 valence electrons. The van der Waals surface area contributed by atoms with Crippen molar-refractivity contribution in [3.63, 3.8) is 0 Å². The predicted molar refractivity (Wildman–Crippen MR) is 52.3 cm³/mol. The molecule has 0 amide bonds. The fraction of sp³-hybridized carbons (Fsp3) is 0.727. The molecular formula is C11H18O2. The van der Waals surface area contributed by atoms with E-state index in [9.17, 15) is 4.79 Å². The molecule has 0 aromatic carbocycles. The maximum absolute atomic E-state index is 11.2. The van der Waals surface area contributed by atoms with Crippen LogP contribution < -0.4 is 0 Å². The van der Waals surface area contributed by atoms with E-state index >= 15 is 0 Å². The molecule has 0 radical (unpaired) electrons. The first-order valence-electron chi connectivity index (χ1n) is 5.11. The van der Waals surface area contributed by atoms with Gasteiger partial charge in [-0.2, -0.15) is 0 Å². The van der Waals surface area contributed by atoms with E-state index in [0.29, 0.717) is 12.5 Å². The third-order valence-electron chi connectivity index (χ3n) is 2.58. The van der Waals surface area contributed by atoms with E-state index in [1.54, 1.807) is 6.08 Å². The molecule has 1 saturated carbocycles. The molecule has 0 aromatic heterocycles. The molecule has 2 heteroatoms. The number of carbonyl (C=O) groups is 1. The average molecular weight is 182 g/mol. The zero-order valence-electron chi connectivity index (χ0n) is 8.51. The summed E-state index contributed by atoms with van der Waals surface area (Å²) in [5, 5.41) is 0. The van der Waals surface area contributed by atoms with Crippen LogP contribution in [0.25, 0.3) is 0 Å². The zero-order valence-corrected chi connectivity index (χ0v) is 8.51. The molecule has 0 bridgehead atoms. The SMILES string of the molecule is CCOC(=O)/C=C1/CCCC[C@H]1C. The van der Waals surface area contributed by atoms with Crippen LogP contribution in [0.15, 0.2) is 11.6 Å². The van der Waals surface area contributed by atoms with Gasteiger partial charge in [-0.15, -0.1) is 0 Å². The topological polar surface area (TPSA) is 26.3 Å². The molecule has 0 spiro atoms. The fourth-order valence-electron chi connectivity index (χ4n) is 1.76. The molecule has 0 aromatic rings. The summed E-state index contributed by atoms with van der Waals surface area (Å²) in [5.74, 6) is 0.393. The van der Waals surface area contributed by atoms with E-state index in [0.717, 1.165) is 6.42 Å². The Morgan fingerprint density at radius 3 is 3.00 bits per heavy atom. The van der Waals surface area contributed by atoms with E-state index in [4.69, 9.17) is 4.74 Å². The molecule has 0 aliphatic heterocycles. The van der Waals surface area contributed by atoms with Crippen LogP contribution in [0.3, 0.4) is 0 Å². The molecular weight excluding hydrogens is 164 g/mol. The van der Waals surface area contributed by atoms with Crippen LogP contribution in [0.5, 0.6) is 0 Å². The van der Waals surface area contributed by atoms with Crippen LogP contribution in [-0.2, 0) is 9.53 Å². The average Bonchev–Trinajstić information content (AvgIpc) is 2.09. The summed E-state index contributed by atoms with van der Waals surface area (Å²) in [6.45, 7) is 4.49. The molecule has 1 aliphatic carbocycles. The highest BCUT2D eigenvalue weighted by Crippen LogP contribution is 2.28. The quantitative estimate of drug-likeness (QED) is 0.485. The number of ether oxygens (including phenoxy) is 1. The minimum Gasteiger partial charge on any atom is -0.463 e. The van der Waals surface area contributed by atoms with Gasteiger partial charge in [0.25, 0.3) is 0 Å². The van der Waals surface area contributed by atoms with Crippen LogP contribution in [0.2, 0.25) is 0 Å². The molecule has 1 fully saturated rings. The highest BCUT2D eigenvalue weighted by Gasteiger charge is 2.15. The number of hydrogen-bond acceptors (Lipinski definition) is 2. The van der Waals surface area contributed by atoms with Crippen molar-refractivity contribution in [2.24, 2.45) is 5.92 Å². The first-order valence-corrected chi connectivity index (χ1v) is 5.11. The lowest BCUT2D eigenvalue weighted by atomic mass is 9.85. The van der Waals surface area contributed by atoms with Gasteiger partial charge in [-0.1, -0.05) is 18.9 Å². The van der Waals surface area contributed by atoms with E-state index in [1.165, 1.54) is 24.8 Å². The van der Waals surface area contributed by atoms with Crippen LogP contribution in [0.1, 0.15) is 39.5 Å². The van der Waals surface area contributed by atoms with Crippen molar-refractivity contribution in [3.05, 3.63) is 11.6 Å². The number of hydrogen-bond donors (Lipinski definition) is 0. The van der Waals surface area contributed by atoms with Crippen LogP contribution in [-0.4, -0.2) is 12.6 Å². The summed E-state index contributed by atoms with van der Waals surface area (Å²) >= 11 is 0. The van der Waals surface area contributed by atoms with Gasteiger partial charge in [0, 0.05) is 6.08 Å². The maximum atomic E-state index is 11.2. The van der Waals surface area contributed by atoms with Crippen molar-refractivity contribution in [1.82, 2.24) is 0 Å². The van der Waals surface area contributed by atoms with Gasteiger partial charge in [-0.05, 0) is 32.1 Å². The Kier molecular flexibility index (Phi) is 4.00. The molecule has 13 heavy (non-hydrogen) atoms. The van der Waals surface area contributed by atoms with E-state index in [2.05, 4.69) is 6.92 Å². The Bertz CT molecular complexity index is 206. The lowest BCUT2D eigenvalue weighted by Gasteiger charge is -2.21. The maximum Gasteiger partial charge on any atom is 0.330 e. The van der Waals surface area contributed by atoms with Crippen LogP contribution in [0, 0.1) is 5.92 Å². The van der Waals surface area contributed by atoms with Crippen molar-refractivity contribution in [2.45, 2.75) is 39.5 Å². The van der Waals surface area contributed by atoms with E-state index < -0.39 is 0 Å². The normalized spacial score (nSPS) is 26.0. The van der Waals surface area contributed by atoms with Gasteiger partial charge in [0.05, 0.1) is 6.61 Å². The van der Waals surface area contributed by atoms with Crippen molar-refractivity contribution >= 4 is 5.97 Å². The summed E-state index contributed by atoms with van der Waals surface area (Å²) in [6, 6.07) is 0. The summed E-state index contributed by atoms with van der Waals surface area (Å²) < 4.78 is 4.88. The molecule has 0 heterocycles. The highest BCUT2D eigenvalue weighted by molar-refractivity contribution is 5.82. The molecule has 0 unspecified atom stereocenters. The Hall–Kier alpha value is -0.790. The van der Waals surface area contributed by atoms with Crippen LogP contribution in [0.4, 0.5) is 0 Å². The second-order valence-corrected chi connectivity index (χ2v) is 3.62. The number of carbonyl (C=O) groups excluding carboxylic acids is 1. The third kappa shape index (κ3) is 3.21. The minimum absolute atomic E-state index is 0.175. The molecule has 1 rings (SSSR count). The van der Waals surface area contributed by atoms with Gasteiger partial charge in [0.15, 0.2) is 0 Å². The third-order valence-corrected chi connectivity index (χ3v) is 2.58. The van der Waals surface area contributed by atoms with Gasteiger partial charge in [0.1, 0.15) is 0 Å². The van der Waals surface area contributed by atoms with Gasteiger partial charge in [0.2, 0.25) is 0 Å². The number of allylic oxidation sites excluding steroid dienone is 1. The molecule has 0 saturated heterocycles. The van der Waals surface area contributed by atoms with Gasteiger partial charge in [-0.25, -0.2) is 4.79 Å². The van der Waals surface area contributed by atoms with Crippen molar-refractivity contribution in [1.29, 1.82) is 0 Å². The summed E-state index contributed by atoms with van der Waals surface area (Å²) in [4.78, 5) is 11.2. The highest BCUT2D eigenvalue weighted by atomic mass is 16.5. The summed E-state index contributed by atoms with van der Waals surface area (Å²) in [7, 11) is 0. The smallest absolute Gasteiger partial charge is 0.330 e. The van der Waals surface area contributed by atoms with Crippen LogP contribution >= 0.6 is 0 Å². The summed E-state index contributed by atoms with van der Waals surface area (Å²) in [5.41, 5.74) is 1.27. The zero-order chi connectivity index (χ0) is 9.68. The van der Waals surface area contributed by atoms with E-state index in [1.807, 2.05) is 6.92 Å². The standard InChI is InChI=1S/C11H18O2/c1-3-13-11(12)8-10-7-5-4-6-9(10)2/h8-9H,3-7H2,1-2H3/b10-8-/t9-/m1/s1. The Balaban J connectivity index is 2.52. The van der Waals surface area contributed by atoms with Gasteiger partial charge in [-0.3, -0.25) is 0 Å². The first kappa shape index (κ1) is 10.3. The second kappa shape index (κ2) is 5.05. The largest absolute Gasteiger partial charge is 0.463 e. The lowest BCUT2D eigenvalue weighted by molar-refractivity contribution is -0.137.